The molecule has 0 aliphatic carbocycles. The number of nitrogen functional groups attached to an aromatic ring is 1. The van der Waals surface area contributed by atoms with Crippen molar-refractivity contribution >= 4 is 11.8 Å². The van der Waals surface area contributed by atoms with E-state index in [1.54, 1.807) is 0 Å². The number of hydrogen-bond acceptors (Lipinski definition) is 6. The van der Waals surface area contributed by atoms with Crippen LogP contribution in [0, 0.1) is 5.92 Å². The van der Waals surface area contributed by atoms with E-state index in [0.29, 0.717) is 12.0 Å². The Bertz CT molecular complexity index is 532. The van der Waals surface area contributed by atoms with Crippen molar-refractivity contribution in [1.82, 2.24) is 19.8 Å². The number of aryl methyl sites for hydroxylation is 1. The standard InChI is InChI=1S/C18H32N6/c1-4-15-13-20-18(19)21-17(15)24-7-5-16(6-8-24)14(2)23-11-9-22(3)10-12-23/h13-14,16H,4-12H2,1-3H3,(H2,19,20,21)/t14-/m0/s1. The summed E-state index contributed by atoms with van der Waals surface area (Å²) in [7, 11) is 2.22. The van der Waals surface area contributed by atoms with Crippen LogP contribution in [0.5, 0.6) is 0 Å². The first-order valence-electron chi connectivity index (χ1n) is 9.37. The minimum Gasteiger partial charge on any atom is -0.368 e. The van der Waals surface area contributed by atoms with Crippen molar-refractivity contribution in [2.24, 2.45) is 5.92 Å². The summed E-state index contributed by atoms with van der Waals surface area (Å²) in [5.74, 6) is 2.22. The van der Waals surface area contributed by atoms with Crippen LogP contribution in [-0.2, 0) is 6.42 Å². The number of piperazine rings is 1. The van der Waals surface area contributed by atoms with Gasteiger partial charge < -0.3 is 15.5 Å². The summed E-state index contributed by atoms with van der Waals surface area (Å²) in [6, 6.07) is 0.682. The maximum atomic E-state index is 5.81. The Morgan fingerprint density at radius 1 is 1.17 bits per heavy atom. The van der Waals surface area contributed by atoms with E-state index in [2.05, 4.69) is 45.6 Å². The van der Waals surface area contributed by atoms with Crippen LogP contribution in [0.15, 0.2) is 6.20 Å². The predicted octanol–water partition coefficient (Wildman–Crippen LogP) is 1.47. The largest absolute Gasteiger partial charge is 0.368 e. The van der Waals surface area contributed by atoms with Crippen LogP contribution in [0.3, 0.4) is 0 Å². The summed E-state index contributed by atoms with van der Waals surface area (Å²) < 4.78 is 0. The molecule has 2 N–H and O–H groups in total. The van der Waals surface area contributed by atoms with Crippen molar-refractivity contribution in [3.63, 3.8) is 0 Å². The molecule has 2 saturated heterocycles. The molecule has 1 aromatic rings. The lowest BCUT2D eigenvalue weighted by molar-refractivity contribution is 0.0813. The summed E-state index contributed by atoms with van der Waals surface area (Å²) >= 11 is 0. The third kappa shape index (κ3) is 3.81. The Morgan fingerprint density at radius 2 is 1.83 bits per heavy atom. The highest BCUT2D eigenvalue weighted by Crippen LogP contribution is 2.29. The van der Waals surface area contributed by atoms with E-state index in [1.165, 1.54) is 44.6 Å². The summed E-state index contributed by atoms with van der Waals surface area (Å²) in [6.07, 6.45) is 5.31. The molecule has 1 atom stereocenters. The van der Waals surface area contributed by atoms with E-state index in [-0.39, 0.29) is 0 Å². The first-order valence-corrected chi connectivity index (χ1v) is 9.37. The number of rotatable bonds is 4. The van der Waals surface area contributed by atoms with E-state index in [9.17, 15) is 0 Å². The number of likely N-dealkylation sites (N-methyl/N-ethyl adjacent to an activating group) is 1. The molecule has 0 radical (unpaired) electrons. The molecule has 0 unspecified atom stereocenters. The van der Waals surface area contributed by atoms with Crippen LogP contribution >= 0.6 is 0 Å². The van der Waals surface area contributed by atoms with Gasteiger partial charge in [0.2, 0.25) is 5.95 Å². The van der Waals surface area contributed by atoms with Crippen LogP contribution in [0.25, 0.3) is 0 Å². The average molecular weight is 332 g/mol. The first kappa shape index (κ1) is 17.4. The Kier molecular flexibility index (Phi) is 5.56. The topological polar surface area (TPSA) is 61.5 Å². The third-order valence-electron chi connectivity index (χ3n) is 5.88. The fourth-order valence-corrected chi connectivity index (χ4v) is 4.06. The van der Waals surface area contributed by atoms with Crippen LogP contribution in [0.2, 0.25) is 0 Å². The van der Waals surface area contributed by atoms with E-state index in [4.69, 9.17) is 5.73 Å². The minimum atomic E-state index is 0.384. The van der Waals surface area contributed by atoms with Gasteiger partial charge in [-0.05, 0) is 39.2 Å². The van der Waals surface area contributed by atoms with Gasteiger partial charge in [0, 0.05) is 57.1 Å². The van der Waals surface area contributed by atoms with E-state index in [0.717, 1.165) is 31.2 Å². The zero-order chi connectivity index (χ0) is 17.1. The molecule has 3 heterocycles. The maximum absolute atomic E-state index is 5.81. The SMILES string of the molecule is CCc1cnc(N)nc1N1CCC([C@H](C)N2CCN(C)CC2)CC1. The monoisotopic (exact) mass is 332 g/mol. The molecular weight excluding hydrogens is 300 g/mol. The van der Waals surface area contributed by atoms with Crippen molar-refractivity contribution in [1.29, 1.82) is 0 Å². The van der Waals surface area contributed by atoms with Gasteiger partial charge >= 0.3 is 0 Å². The second-order valence-corrected chi connectivity index (χ2v) is 7.33. The summed E-state index contributed by atoms with van der Waals surface area (Å²) in [4.78, 5) is 16.2. The van der Waals surface area contributed by atoms with Crippen molar-refractivity contribution in [3.8, 4) is 0 Å². The molecule has 134 valence electrons. The van der Waals surface area contributed by atoms with Crippen LogP contribution in [0.4, 0.5) is 11.8 Å². The first-order chi connectivity index (χ1) is 11.6. The zero-order valence-corrected chi connectivity index (χ0v) is 15.4. The number of nitrogens with two attached hydrogens (primary N) is 1. The fourth-order valence-electron chi connectivity index (χ4n) is 4.06. The number of anilines is 2. The van der Waals surface area contributed by atoms with Gasteiger partial charge in [0.15, 0.2) is 0 Å². The van der Waals surface area contributed by atoms with Gasteiger partial charge in [0.05, 0.1) is 0 Å². The lowest BCUT2D eigenvalue weighted by Crippen LogP contribution is -2.51. The molecule has 24 heavy (non-hydrogen) atoms. The van der Waals surface area contributed by atoms with E-state index in [1.807, 2.05) is 6.20 Å². The number of hydrogen-bond donors (Lipinski definition) is 1. The van der Waals surface area contributed by atoms with Gasteiger partial charge in [-0.15, -0.1) is 0 Å². The Morgan fingerprint density at radius 3 is 2.46 bits per heavy atom. The van der Waals surface area contributed by atoms with E-state index < -0.39 is 0 Å². The van der Waals surface area contributed by atoms with Crippen molar-refractivity contribution in [3.05, 3.63) is 11.8 Å². The van der Waals surface area contributed by atoms with Crippen molar-refractivity contribution < 1.29 is 0 Å². The lowest BCUT2D eigenvalue weighted by atomic mass is 9.89. The number of piperidine rings is 1. The van der Waals surface area contributed by atoms with Gasteiger partial charge in [-0.2, -0.15) is 4.98 Å². The molecule has 2 aliphatic rings. The molecule has 1 aromatic heterocycles. The molecule has 2 fully saturated rings. The molecule has 2 aliphatic heterocycles. The maximum Gasteiger partial charge on any atom is 0.221 e. The van der Waals surface area contributed by atoms with Crippen LogP contribution < -0.4 is 10.6 Å². The second-order valence-electron chi connectivity index (χ2n) is 7.33. The van der Waals surface area contributed by atoms with E-state index >= 15 is 0 Å². The Labute approximate surface area is 146 Å². The Hall–Kier alpha value is -1.40. The van der Waals surface area contributed by atoms with Gasteiger partial charge in [-0.1, -0.05) is 6.92 Å². The molecule has 3 rings (SSSR count). The van der Waals surface area contributed by atoms with Crippen LogP contribution in [0.1, 0.15) is 32.3 Å². The van der Waals surface area contributed by atoms with Crippen LogP contribution in [-0.4, -0.2) is 72.1 Å². The molecule has 6 heteroatoms. The quantitative estimate of drug-likeness (QED) is 0.901. The number of aromatic nitrogens is 2. The summed E-state index contributed by atoms with van der Waals surface area (Å²) in [5.41, 5.74) is 7.02. The van der Waals surface area contributed by atoms with Crippen molar-refractivity contribution in [2.45, 2.75) is 39.2 Å². The molecule has 0 saturated carbocycles. The number of nitrogens with zero attached hydrogens (tertiary/aromatic N) is 5. The Balaban J connectivity index is 1.58. The third-order valence-corrected chi connectivity index (χ3v) is 5.88. The molecular formula is C18H32N6. The predicted molar refractivity (Wildman–Crippen MR) is 99.3 cm³/mol. The highest BCUT2D eigenvalue weighted by molar-refractivity contribution is 5.49. The summed E-state index contributed by atoms with van der Waals surface area (Å²) in [5, 5.41) is 0. The minimum absolute atomic E-state index is 0.384. The highest BCUT2D eigenvalue weighted by Gasteiger charge is 2.30. The average Bonchev–Trinajstić information content (AvgIpc) is 2.62. The van der Waals surface area contributed by atoms with Gasteiger partial charge in [0.25, 0.3) is 0 Å². The highest BCUT2D eigenvalue weighted by atomic mass is 15.3. The molecule has 0 spiro atoms. The summed E-state index contributed by atoms with van der Waals surface area (Å²) in [6.45, 7) is 11.5. The molecule has 6 nitrogen and oxygen atoms in total. The van der Waals surface area contributed by atoms with Crippen molar-refractivity contribution in [2.75, 3.05) is 56.9 Å². The zero-order valence-electron chi connectivity index (χ0n) is 15.4. The molecule has 0 amide bonds. The molecule has 0 aromatic carbocycles. The fraction of sp³-hybridized carbons (Fsp3) is 0.778. The van der Waals surface area contributed by atoms with Gasteiger partial charge in [0.1, 0.15) is 5.82 Å². The van der Waals surface area contributed by atoms with Gasteiger partial charge in [-0.25, -0.2) is 4.98 Å². The lowest BCUT2D eigenvalue weighted by Gasteiger charge is -2.43. The second kappa shape index (κ2) is 7.66. The smallest absolute Gasteiger partial charge is 0.221 e. The molecule has 0 bridgehead atoms. The normalized spacial score (nSPS) is 22.7. The van der Waals surface area contributed by atoms with Gasteiger partial charge in [-0.3, -0.25) is 4.90 Å².